The van der Waals surface area contributed by atoms with E-state index in [1.54, 1.807) is 30.6 Å². The first-order valence-corrected chi connectivity index (χ1v) is 10.2. The summed E-state index contributed by atoms with van der Waals surface area (Å²) < 4.78 is 17.8. The quantitative estimate of drug-likeness (QED) is 0.620. The predicted molar refractivity (Wildman–Crippen MR) is 113 cm³/mol. The molecular weight excluding hydrogens is 405 g/mol. The molecule has 2 heterocycles. The molecule has 156 valence electrons. The molecule has 2 amide bonds. The maximum atomic E-state index is 14.1. The Morgan fingerprint density at radius 1 is 1.23 bits per heavy atom. The van der Waals surface area contributed by atoms with Gasteiger partial charge in [0.05, 0.1) is 0 Å². The van der Waals surface area contributed by atoms with E-state index < -0.39 is 29.2 Å². The van der Waals surface area contributed by atoms with Crippen LogP contribution in [0, 0.1) is 5.82 Å². The summed E-state index contributed by atoms with van der Waals surface area (Å²) in [5.74, 6) is -1.47. The molecule has 9 heteroatoms. The van der Waals surface area contributed by atoms with Gasteiger partial charge in [0.15, 0.2) is 5.69 Å². The summed E-state index contributed by atoms with van der Waals surface area (Å²) in [5, 5.41) is 8.33. The van der Waals surface area contributed by atoms with Crippen LogP contribution in [0.4, 0.5) is 10.1 Å². The number of carbonyl (C=O) groups is 2. The van der Waals surface area contributed by atoms with Gasteiger partial charge in [0.1, 0.15) is 11.9 Å². The average molecular weight is 428 g/mol. The van der Waals surface area contributed by atoms with E-state index in [4.69, 9.17) is 0 Å². The van der Waals surface area contributed by atoms with E-state index in [0.29, 0.717) is 12.0 Å². The molecule has 0 unspecified atom stereocenters. The van der Waals surface area contributed by atoms with Gasteiger partial charge in [0, 0.05) is 29.0 Å². The van der Waals surface area contributed by atoms with Crippen LogP contribution < -0.4 is 10.2 Å². The zero-order valence-electron chi connectivity index (χ0n) is 16.9. The molecule has 0 saturated heterocycles. The lowest BCUT2D eigenvalue weighted by molar-refractivity contribution is -0.124. The third kappa shape index (κ3) is 4.85. The molecule has 1 N–H and O–H groups in total. The molecule has 0 aliphatic heterocycles. The van der Waals surface area contributed by atoms with Gasteiger partial charge >= 0.3 is 0 Å². The lowest BCUT2D eigenvalue weighted by atomic mass is 9.98. The average Bonchev–Trinajstić information content (AvgIpc) is 3.26. The Labute approximate surface area is 178 Å². The standard InChI is InChI=1S/C21H22FN5O2S/c1-4-21(2,3)24-19(28)18(14-8-10-23-11-9-14)27(16-7-5-6-15(22)12-16)20(29)17-13-30-26-25-17/h5-13,18H,4H2,1-3H3,(H,24,28)/t18-/m0/s1. The lowest BCUT2D eigenvalue weighted by Gasteiger charge is -2.34. The first kappa shape index (κ1) is 21.5. The molecule has 3 aromatic rings. The Kier molecular flexibility index (Phi) is 6.51. The third-order valence-electron chi connectivity index (χ3n) is 4.76. The van der Waals surface area contributed by atoms with Crippen molar-refractivity contribution in [3.05, 3.63) is 71.2 Å². The number of nitrogens with one attached hydrogen (secondary N) is 1. The molecular formula is C21H22FN5O2S. The minimum absolute atomic E-state index is 0.0749. The second-order valence-electron chi connectivity index (χ2n) is 7.35. The number of amides is 2. The van der Waals surface area contributed by atoms with Crippen LogP contribution in [0.3, 0.4) is 0 Å². The minimum Gasteiger partial charge on any atom is -0.349 e. The molecule has 0 saturated carbocycles. The fraction of sp³-hybridized carbons (Fsp3) is 0.286. The highest BCUT2D eigenvalue weighted by atomic mass is 32.1. The first-order chi connectivity index (χ1) is 14.3. The highest BCUT2D eigenvalue weighted by Gasteiger charge is 2.36. The zero-order valence-corrected chi connectivity index (χ0v) is 17.7. The number of nitrogens with zero attached hydrogens (tertiary/aromatic N) is 4. The van der Waals surface area contributed by atoms with Gasteiger partial charge in [-0.3, -0.25) is 19.5 Å². The van der Waals surface area contributed by atoms with Gasteiger partial charge < -0.3 is 5.32 Å². The van der Waals surface area contributed by atoms with Crippen molar-refractivity contribution in [3.8, 4) is 0 Å². The highest BCUT2D eigenvalue weighted by Crippen LogP contribution is 2.30. The molecule has 0 aliphatic carbocycles. The zero-order chi connectivity index (χ0) is 21.7. The summed E-state index contributed by atoms with van der Waals surface area (Å²) in [6.45, 7) is 5.75. The second-order valence-corrected chi connectivity index (χ2v) is 7.96. The molecule has 3 rings (SSSR count). The Morgan fingerprint density at radius 3 is 2.57 bits per heavy atom. The van der Waals surface area contributed by atoms with Crippen molar-refractivity contribution in [2.45, 2.75) is 38.8 Å². The van der Waals surface area contributed by atoms with Crippen LogP contribution in [0.5, 0.6) is 0 Å². The van der Waals surface area contributed by atoms with Crippen molar-refractivity contribution >= 4 is 29.0 Å². The number of rotatable bonds is 7. The Bertz CT molecular complexity index is 1010. The van der Waals surface area contributed by atoms with Gasteiger partial charge in [-0.1, -0.05) is 17.5 Å². The Hall–Kier alpha value is -3.20. The normalized spacial score (nSPS) is 12.3. The molecule has 0 spiro atoms. The topological polar surface area (TPSA) is 88.1 Å². The smallest absolute Gasteiger partial charge is 0.280 e. The van der Waals surface area contributed by atoms with Crippen LogP contribution in [0.2, 0.25) is 0 Å². The molecule has 0 radical (unpaired) electrons. The van der Waals surface area contributed by atoms with Crippen LogP contribution in [-0.4, -0.2) is 31.9 Å². The molecule has 2 aromatic heterocycles. The third-order valence-corrected chi connectivity index (χ3v) is 5.26. The van der Waals surface area contributed by atoms with Crippen LogP contribution in [0.15, 0.2) is 54.2 Å². The maximum absolute atomic E-state index is 14.1. The Balaban J connectivity index is 2.15. The molecule has 7 nitrogen and oxygen atoms in total. The van der Waals surface area contributed by atoms with Crippen LogP contribution in [0.25, 0.3) is 0 Å². The van der Waals surface area contributed by atoms with Gasteiger partial charge in [-0.15, -0.1) is 5.10 Å². The van der Waals surface area contributed by atoms with Crippen LogP contribution >= 0.6 is 11.5 Å². The summed E-state index contributed by atoms with van der Waals surface area (Å²) in [7, 11) is 0. The monoisotopic (exact) mass is 427 g/mol. The number of halogens is 1. The van der Waals surface area contributed by atoms with E-state index in [9.17, 15) is 14.0 Å². The van der Waals surface area contributed by atoms with E-state index in [-0.39, 0.29) is 11.4 Å². The molecule has 0 bridgehead atoms. The predicted octanol–water partition coefficient (Wildman–Crippen LogP) is 3.77. The van der Waals surface area contributed by atoms with Crippen molar-refractivity contribution in [1.82, 2.24) is 19.9 Å². The van der Waals surface area contributed by atoms with E-state index >= 15 is 0 Å². The van der Waals surface area contributed by atoms with Gasteiger partial charge in [0.2, 0.25) is 5.91 Å². The maximum Gasteiger partial charge on any atom is 0.280 e. The second kappa shape index (κ2) is 9.08. The van der Waals surface area contributed by atoms with Crippen molar-refractivity contribution in [2.24, 2.45) is 0 Å². The largest absolute Gasteiger partial charge is 0.349 e. The number of anilines is 1. The summed E-state index contributed by atoms with van der Waals surface area (Å²) >= 11 is 1.02. The summed E-state index contributed by atoms with van der Waals surface area (Å²) in [4.78, 5) is 32.1. The number of pyridine rings is 1. The van der Waals surface area contributed by atoms with Gasteiger partial charge in [-0.2, -0.15) is 0 Å². The molecule has 1 aromatic carbocycles. The molecule has 0 fully saturated rings. The SMILES string of the molecule is CCC(C)(C)NC(=O)[C@H](c1ccncc1)N(C(=O)c1csnn1)c1cccc(F)c1. The van der Waals surface area contributed by atoms with Crippen LogP contribution in [0.1, 0.15) is 49.3 Å². The Morgan fingerprint density at radius 2 is 1.97 bits per heavy atom. The van der Waals surface area contributed by atoms with E-state index in [1.165, 1.54) is 28.5 Å². The number of hydrogen-bond donors (Lipinski definition) is 1. The number of carbonyl (C=O) groups excluding carboxylic acids is 2. The van der Waals surface area contributed by atoms with Crippen molar-refractivity contribution in [1.29, 1.82) is 0 Å². The van der Waals surface area contributed by atoms with E-state index in [0.717, 1.165) is 11.5 Å². The molecule has 30 heavy (non-hydrogen) atoms. The van der Waals surface area contributed by atoms with Crippen molar-refractivity contribution in [2.75, 3.05) is 4.90 Å². The molecule has 0 aliphatic rings. The van der Waals surface area contributed by atoms with Gasteiger partial charge in [-0.05, 0) is 67.7 Å². The fourth-order valence-corrected chi connectivity index (χ4v) is 3.27. The van der Waals surface area contributed by atoms with Gasteiger partial charge in [0.25, 0.3) is 5.91 Å². The van der Waals surface area contributed by atoms with E-state index in [1.807, 2.05) is 20.8 Å². The fourth-order valence-electron chi connectivity index (χ4n) is 2.84. The molecule has 1 atom stereocenters. The summed E-state index contributed by atoms with van der Waals surface area (Å²) in [6, 6.07) is 7.80. The first-order valence-electron chi connectivity index (χ1n) is 9.40. The lowest BCUT2D eigenvalue weighted by Crippen LogP contribution is -2.50. The number of benzene rings is 1. The van der Waals surface area contributed by atoms with Gasteiger partial charge in [-0.25, -0.2) is 4.39 Å². The van der Waals surface area contributed by atoms with Crippen molar-refractivity contribution < 1.29 is 14.0 Å². The van der Waals surface area contributed by atoms with E-state index in [2.05, 4.69) is 19.9 Å². The van der Waals surface area contributed by atoms with Crippen LogP contribution in [-0.2, 0) is 4.79 Å². The highest BCUT2D eigenvalue weighted by molar-refractivity contribution is 7.03. The van der Waals surface area contributed by atoms with Crippen molar-refractivity contribution in [3.63, 3.8) is 0 Å². The number of hydrogen-bond acceptors (Lipinski definition) is 6. The summed E-state index contributed by atoms with van der Waals surface area (Å²) in [6.07, 6.45) is 3.77. The minimum atomic E-state index is -1.06. The number of aromatic nitrogens is 3. The summed E-state index contributed by atoms with van der Waals surface area (Å²) in [5.41, 5.74) is 0.349.